The number of carbonyl (C=O) groups excluding carboxylic acids is 1. The highest BCUT2D eigenvalue weighted by Gasteiger charge is 2.15. The number of ether oxygens (including phenoxy) is 1. The van der Waals surface area contributed by atoms with Gasteiger partial charge in [-0.25, -0.2) is 4.98 Å². The molecule has 0 atom stereocenters. The van der Waals surface area contributed by atoms with Crippen molar-refractivity contribution in [2.75, 3.05) is 31.6 Å². The van der Waals surface area contributed by atoms with Gasteiger partial charge in [-0.05, 0) is 50.2 Å². The highest BCUT2D eigenvalue weighted by molar-refractivity contribution is 6.05. The Hall–Kier alpha value is -2.40. The molecule has 0 radical (unpaired) electrons. The molecular formula is C19H23N3O2. The van der Waals surface area contributed by atoms with Crippen molar-refractivity contribution in [3.8, 4) is 5.88 Å². The van der Waals surface area contributed by atoms with Gasteiger partial charge in [0.1, 0.15) is 12.2 Å². The largest absolute Gasteiger partial charge is 0.476 e. The molecule has 1 aromatic carbocycles. The van der Waals surface area contributed by atoms with Crippen LogP contribution in [0.25, 0.3) is 0 Å². The minimum Gasteiger partial charge on any atom is -0.476 e. The maximum atomic E-state index is 12.5. The quantitative estimate of drug-likeness (QED) is 0.886. The molecule has 2 heterocycles. The fraction of sp³-hybridized carbons (Fsp3) is 0.368. The van der Waals surface area contributed by atoms with E-state index in [2.05, 4.69) is 15.2 Å². The van der Waals surface area contributed by atoms with Gasteiger partial charge in [0, 0.05) is 18.4 Å². The predicted octanol–water partition coefficient (Wildman–Crippen LogP) is 3.20. The van der Waals surface area contributed by atoms with Gasteiger partial charge in [0.15, 0.2) is 0 Å². The van der Waals surface area contributed by atoms with Crippen molar-refractivity contribution >= 4 is 11.6 Å². The first kappa shape index (κ1) is 16.5. The molecule has 5 nitrogen and oxygen atoms in total. The normalized spacial score (nSPS) is 15.0. The van der Waals surface area contributed by atoms with E-state index in [0.717, 1.165) is 25.3 Å². The standard InChI is InChI=1S/C19H23N3O2/c23-18(21-16-8-3-1-4-9-16)17-10-7-11-20-19(17)24-15-14-22-12-5-2-6-13-22/h1,3-4,7-11H,2,5-6,12-15H2,(H,21,23). The summed E-state index contributed by atoms with van der Waals surface area (Å²) < 4.78 is 5.79. The van der Waals surface area contributed by atoms with Crippen LogP contribution < -0.4 is 10.1 Å². The molecule has 1 N–H and O–H groups in total. The van der Waals surface area contributed by atoms with Gasteiger partial charge in [0.25, 0.3) is 5.91 Å². The Kier molecular flexibility index (Phi) is 5.80. The number of rotatable bonds is 6. The van der Waals surface area contributed by atoms with Crippen molar-refractivity contribution < 1.29 is 9.53 Å². The number of hydrogen-bond donors (Lipinski definition) is 1. The summed E-state index contributed by atoms with van der Waals surface area (Å²) in [6, 6.07) is 12.9. The molecule has 5 heteroatoms. The third kappa shape index (κ3) is 4.55. The predicted molar refractivity (Wildman–Crippen MR) is 94.4 cm³/mol. The van der Waals surface area contributed by atoms with Gasteiger partial charge in [-0.1, -0.05) is 24.6 Å². The van der Waals surface area contributed by atoms with E-state index in [1.165, 1.54) is 19.3 Å². The van der Waals surface area contributed by atoms with Crippen LogP contribution in [-0.4, -0.2) is 42.0 Å². The fourth-order valence-corrected chi connectivity index (χ4v) is 2.85. The van der Waals surface area contributed by atoms with E-state index in [9.17, 15) is 4.79 Å². The summed E-state index contributed by atoms with van der Waals surface area (Å²) in [6.45, 7) is 3.68. The molecule has 0 unspecified atom stereocenters. The molecule has 1 aliphatic rings. The molecule has 24 heavy (non-hydrogen) atoms. The van der Waals surface area contributed by atoms with Crippen molar-refractivity contribution in [2.24, 2.45) is 0 Å². The first-order valence-electron chi connectivity index (χ1n) is 8.49. The Balaban J connectivity index is 1.58. The zero-order chi connectivity index (χ0) is 16.6. The zero-order valence-corrected chi connectivity index (χ0v) is 13.8. The number of carbonyl (C=O) groups is 1. The average Bonchev–Trinajstić information content (AvgIpc) is 2.64. The van der Waals surface area contributed by atoms with Crippen LogP contribution in [0.1, 0.15) is 29.6 Å². The summed E-state index contributed by atoms with van der Waals surface area (Å²) in [6.07, 6.45) is 5.49. The molecule has 1 aromatic heterocycles. The number of aromatic nitrogens is 1. The van der Waals surface area contributed by atoms with E-state index in [1.807, 2.05) is 30.3 Å². The first-order valence-corrected chi connectivity index (χ1v) is 8.49. The summed E-state index contributed by atoms with van der Waals surface area (Å²) >= 11 is 0. The molecule has 0 bridgehead atoms. The summed E-state index contributed by atoms with van der Waals surface area (Å²) in [7, 11) is 0. The lowest BCUT2D eigenvalue weighted by Crippen LogP contribution is -2.33. The molecular weight excluding hydrogens is 302 g/mol. The number of nitrogens with one attached hydrogen (secondary N) is 1. The van der Waals surface area contributed by atoms with E-state index in [4.69, 9.17) is 4.74 Å². The monoisotopic (exact) mass is 325 g/mol. The molecule has 1 fully saturated rings. The van der Waals surface area contributed by atoms with Crippen LogP contribution in [0.15, 0.2) is 48.7 Å². The Bertz CT molecular complexity index is 655. The second-order valence-electron chi connectivity index (χ2n) is 5.93. The van der Waals surface area contributed by atoms with Crippen molar-refractivity contribution in [2.45, 2.75) is 19.3 Å². The number of nitrogens with zero attached hydrogens (tertiary/aromatic N) is 2. The van der Waals surface area contributed by atoms with Crippen molar-refractivity contribution in [3.63, 3.8) is 0 Å². The number of amides is 1. The van der Waals surface area contributed by atoms with Crippen molar-refractivity contribution in [1.29, 1.82) is 0 Å². The lowest BCUT2D eigenvalue weighted by molar-refractivity contribution is 0.102. The van der Waals surface area contributed by atoms with Crippen LogP contribution in [0.4, 0.5) is 5.69 Å². The maximum Gasteiger partial charge on any atom is 0.261 e. The van der Waals surface area contributed by atoms with Crippen LogP contribution in [0.5, 0.6) is 5.88 Å². The SMILES string of the molecule is O=C(Nc1ccccc1)c1cccnc1OCCN1CCCCC1. The van der Waals surface area contributed by atoms with Crippen LogP contribution in [-0.2, 0) is 0 Å². The topological polar surface area (TPSA) is 54.5 Å². The number of para-hydroxylation sites is 1. The average molecular weight is 325 g/mol. The summed E-state index contributed by atoms with van der Waals surface area (Å²) in [5.74, 6) is 0.185. The summed E-state index contributed by atoms with van der Waals surface area (Å²) in [5.41, 5.74) is 1.21. The molecule has 0 spiro atoms. The summed E-state index contributed by atoms with van der Waals surface area (Å²) in [4.78, 5) is 19.1. The van der Waals surface area contributed by atoms with E-state index in [1.54, 1.807) is 18.3 Å². The minimum absolute atomic E-state index is 0.206. The highest BCUT2D eigenvalue weighted by atomic mass is 16.5. The third-order valence-electron chi connectivity index (χ3n) is 4.14. The number of benzene rings is 1. The molecule has 126 valence electrons. The number of likely N-dealkylation sites (tertiary alicyclic amines) is 1. The van der Waals surface area contributed by atoms with E-state index < -0.39 is 0 Å². The highest BCUT2D eigenvalue weighted by Crippen LogP contribution is 2.17. The van der Waals surface area contributed by atoms with Gasteiger partial charge in [-0.15, -0.1) is 0 Å². The Labute approximate surface area is 142 Å². The second-order valence-corrected chi connectivity index (χ2v) is 5.93. The lowest BCUT2D eigenvalue weighted by Gasteiger charge is -2.26. The third-order valence-corrected chi connectivity index (χ3v) is 4.14. The number of anilines is 1. The van der Waals surface area contributed by atoms with Crippen LogP contribution in [0, 0.1) is 0 Å². The van der Waals surface area contributed by atoms with Gasteiger partial charge in [0.05, 0.1) is 0 Å². The van der Waals surface area contributed by atoms with E-state index >= 15 is 0 Å². The van der Waals surface area contributed by atoms with Gasteiger partial charge >= 0.3 is 0 Å². The number of piperidine rings is 1. The Morgan fingerprint density at radius 1 is 1.08 bits per heavy atom. The lowest BCUT2D eigenvalue weighted by atomic mass is 10.1. The molecule has 1 saturated heterocycles. The van der Waals surface area contributed by atoms with Crippen LogP contribution in [0.2, 0.25) is 0 Å². The van der Waals surface area contributed by atoms with Gasteiger partial charge < -0.3 is 10.1 Å². The van der Waals surface area contributed by atoms with E-state index in [0.29, 0.717) is 18.1 Å². The van der Waals surface area contributed by atoms with E-state index in [-0.39, 0.29) is 5.91 Å². The summed E-state index contributed by atoms with van der Waals surface area (Å²) in [5, 5.41) is 2.87. The molecule has 3 rings (SSSR count). The van der Waals surface area contributed by atoms with Crippen LogP contribution >= 0.6 is 0 Å². The van der Waals surface area contributed by atoms with Gasteiger partial charge in [-0.3, -0.25) is 9.69 Å². The molecule has 2 aromatic rings. The van der Waals surface area contributed by atoms with Gasteiger partial charge in [-0.2, -0.15) is 0 Å². The maximum absolute atomic E-state index is 12.5. The first-order chi connectivity index (χ1) is 11.8. The second kappa shape index (κ2) is 8.45. The van der Waals surface area contributed by atoms with Gasteiger partial charge in [0.2, 0.25) is 5.88 Å². The minimum atomic E-state index is -0.206. The molecule has 1 amide bonds. The Morgan fingerprint density at radius 2 is 1.88 bits per heavy atom. The smallest absolute Gasteiger partial charge is 0.261 e. The Morgan fingerprint density at radius 3 is 2.67 bits per heavy atom. The van der Waals surface area contributed by atoms with Crippen molar-refractivity contribution in [3.05, 3.63) is 54.2 Å². The number of hydrogen-bond acceptors (Lipinski definition) is 4. The molecule has 0 saturated carbocycles. The van der Waals surface area contributed by atoms with Crippen molar-refractivity contribution in [1.82, 2.24) is 9.88 Å². The zero-order valence-electron chi connectivity index (χ0n) is 13.8. The molecule has 0 aliphatic carbocycles. The van der Waals surface area contributed by atoms with Crippen LogP contribution in [0.3, 0.4) is 0 Å². The molecule has 1 aliphatic heterocycles. The number of pyridine rings is 1. The fourth-order valence-electron chi connectivity index (χ4n) is 2.85.